The molecular weight excluding hydrogens is 503 g/mol. The molecule has 0 spiro atoms. The van der Waals surface area contributed by atoms with Gasteiger partial charge in [0.15, 0.2) is 0 Å². The minimum absolute atomic E-state index is 0. The molecule has 0 aliphatic heterocycles. The zero-order valence-corrected chi connectivity index (χ0v) is 23.8. The number of fused-ring (bicyclic) bond motifs is 2. The third-order valence-electron chi connectivity index (χ3n) is 6.40. The Balaban J connectivity index is 0.00000160. The molecule has 0 radical (unpaired) electrons. The molecule has 0 amide bonds. The van der Waals surface area contributed by atoms with Crippen molar-refractivity contribution in [1.29, 1.82) is 0 Å². The van der Waals surface area contributed by atoms with E-state index in [0.29, 0.717) is 11.8 Å². The largest absolute Gasteiger partial charge is 1.00 e. The molecule has 0 N–H and O–H groups in total. The van der Waals surface area contributed by atoms with E-state index in [4.69, 9.17) is 0 Å². The summed E-state index contributed by atoms with van der Waals surface area (Å²) in [4.78, 5) is 0. The average molecular weight is 535 g/mol. The maximum Gasteiger partial charge on any atom is -1.00 e. The monoisotopic (exact) mass is 532 g/mol. The normalized spacial score (nSPS) is 18.5. The molecule has 0 heterocycles. The minimum Gasteiger partial charge on any atom is -1.00 e. The quantitative estimate of drug-likeness (QED) is 0.521. The molecule has 0 nitrogen and oxygen atoms in total. The summed E-state index contributed by atoms with van der Waals surface area (Å²) >= 11 is -1.84. The Morgan fingerprint density at radius 3 is 1.37 bits per heavy atom. The van der Waals surface area contributed by atoms with Crippen LogP contribution in [-0.4, -0.2) is 5.43 Å². The predicted octanol–water partition coefficient (Wildman–Crippen LogP) is 1.45. The fourth-order valence-corrected chi connectivity index (χ4v) is 24.0. The minimum atomic E-state index is -1.84. The van der Waals surface area contributed by atoms with Gasteiger partial charge in [0, 0.05) is 0 Å². The molecule has 0 fully saturated rings. The molecule has 4 rings (SSSR count). The Labute approximate surface area is 203 Å². The van der Waals surface area contributed by atoms with E-state index in [2.05, 4.69) is 101 Å². The number of hydrogen-bond donors (Lipinski definition) is 0. The van der Waals surface area contributed by atoms with E-state index in [9.17, 15) is 0 Å². The molecule has 2 atom stereocenters. The van der Waals surface area contributed by atoms with Gasteiger partial charge in [-0.05, 0) is 0 Å². The Morgan fingerprint density at radius 1 is 0.667 bits per heavy atom. The zero-order valence-electron chi connectivity index (χ0n) is 18.8. The van der Waals surface area contributed by atoms with Crippen molar-refractivity contribution in [3.63, 3.8) is 0 Å². The van der Waals surface area contributed by atoms with Crippen LogP contribution < -0.4 is 24.8 Å². The van der Waals surface area contributed by atoms with E-state index in [0.717, 1.165) is 7.25 Å². The third kappa shape index (κ3) is 4.54. The van der Waals surface area contributed by atoms with Crippen molar-refractivity contribution in [2.24, 2.45) is 11.8 Å². The zero-order chi connectivity index (χ0) is 20.0. The molecule has 0 saturated heterocycles. The van der Waals surface area contributed by atoms with Crippen molar-refractivity contribution in [3.05, 3.63) is 82.9 Å². The first-order chi connectivity index (χ1) is 13.4. The van der Waals surface area contributed by atoms with Crippen LogP contribution in [0.3, 0.4) is 0 Å². The van der Waals surface area contributed by atoms with E-state index in [-0.39, 0.29) is 30.2 Å². The number of allylic oxidation sites excluding steroid dienone is 4. The molecule has 2 aliphatic rings. The van der Waals surface area contributed by atoms with Crippen molar-refractivity contribution >= 4 is 16.6 Å². The molecule has 2 unspecified atom stereocenters. The SMILES string of the molecule is CC(C)C1=C[CH]([Zr+2]([CH]2C=C(C(C)C)c3ccccc32)=[Si](C)C)c2ccccc21.[Cl-].[Cl-]. The molecule has 158 valence electrons. The maximum atomic E-state index is 2.71. The summed E-state index contributed by atoms with van der Waals surface area (Å²) < 4.78 is 1.47. The Bertz CT molecular complexity index is 938. The summed E-state index contributed by atoms with van der Waals surface area (Å²) in [5, 5.41) is 0. The maximum absolute atomic E-state index is 2.71. The first-order valence-electron chi connectivity index (χ1n) is 10.7. The Kier molecular flexibility index (Phi) is 9.03. The van der Waals surface area contributed by atoms with E-state index in [1.54, 1.807) is 33.4 Å². The first kappa shape index (κ1) is 25.9. The topological polar surface area (TPSA) is 0 Å². The van der Waals surface area contributed by atoms with Gasteiger partial charge in [-0.1, -0.05) is 0 Å². The van der Waals surface area contributed by atoms with Crippen LogP contribution in [0, 0.1) is 11.8 Å². The number of halogens is 2. The second-order valence-electron chi connectivity index (χ2n) is 9.14. The summed E-state index contributed by atoms with van der Waals surface area (Å²) in [6.45, 7) is 14.7. The van der Waals surface area contributed by atoms with Crippen molar-refractivity contribution in [2.75, 3.05) is 0 Å². The van der Waals surface area contributed by atoms with Crippen molar-refractivity contribution in [3.8, 4) is 0 Å². The molecule has 0 aromatic heterocycles. The summed E-state index contributed by atoms with van der Waals surface area (Å²) in [6, 6.07) is 18.6. The summed E-state index contributed by atoms with van der Waals surface area (Å²) in [7, 11) is 0. The van der Waals surface area contributed by atoms with Crippen LogP contribution >= 0.6 is 0 Å². The summed E-state index contributed by atoms with van der Waals surface area (Å²) in [6.07, 6.45) is 5.43. The molecule has 4 heteroatoms. The molecular formula is C26H32Cl2SiZr. The average Bonchev–Trinajstić information content (AvgIpc) is 3.22. The van der Waals surface area contributed by atoms with Crippen molar-refractivity contribution in [1.82, 2.24) is 0 Å². The number of rotatable bonds is 4. The van der Waals surface area contributed by atoms with Gasteiger partial charge >= 0.3 is 180 Å². The second-order valence-corrected chi connectivity index (χ2v) is 27.2. The van der Waals surface area contributed by atoms with Gasteiger partial charge in [-0.25, -0.2) is 0 Å². The summed E-state index contributed by atoms with van der Waals surface area (Å²) in [5.41, 5.74) is 9.27. The van der Waals surface area contributed by atoms with Crippen LogP contribution in [0.1, 0.15) is 57.2 Å². The van der Waals surface area contributed by atoms with Crippen LogP contribution in [-0.2, 0) is 20.4 Å². The van der Waals surface area contributed by atoms with Gasteiger partial charge in [0.05, 0.1) is 0 Å². The molecule has 2 aliphatic carbocycles. The van der Waals surface area contributed by atoms with Crippen LogP contribution in [0.4, 0.5) is 0 Å². The first-order valence-corrected chi connectivity index (χ1v) is 19.7. The van der Waals surface area contributed by atoms with Gasteiger partial charge in [0.25, 0.3) is 0 Å². The van der Waals surface area contributed by atoms with Crippen LogP contribution in [0.15, 0.2) is 60.7 Å². The molecule has 2 aromatic rings. The number of benzene rings is 2. The van der Waals surface area contributed by atoms with E-state index < -0.39 is 20.4 Å². The predicted molar refractivity (Wildman–Crippen MR) is 121 cm³/mol. The van der Waals surface area contributed by atoms with Gasteiger partial charge in [-0.3, -0.25) is 0 Å². The summed E-state index contributed by atoms with van der Waals surface area (Å²) in [5.74, 6) is 1.22. The van der Waals surface area contributed by atoms with Crippen LogP contribution in [0.2, 0.25) is 13.1 Å². The van der Waals surface area contributed by atoms with Crippen molar-refractivity contribution in [2.45, 2.75) is 48.0 Å². The molecule has 30 heavy (non-hydrogen) atoms. The standard InChI is InChI=1S/2C12H13.C2H6Si.2ClH.Zr/c2*1-9(2)11-8-7-10-5-3-4-6-12(10)11;1-3-2;;;/h2*3-9H,1-2H3;1-2H3;2*1H;/q;;;;;+2/p-2. The Morgan fingerprint density at radius 2 is 1.03 bits per heavy atom. The van der Waals surface area contributed by atoms with Gasteiger partial charge in [0.2, 0.25) is 0 Å². The number of hydrogen-bond acceptors (Lipinski definition) is 0. The van der Waals surface area contributed by atoms with Crippen LogP contribution in [0.5, 0.6) is 0 Å². The van der Waals surface area contributed by atoms with Crippen LogP contribution in [0.25, 0.3) is 11.1 Å². The second kappa shape index (κ2) is 10.5. The Hall–Kier alpha value is -0.400. The smallest absolute Gasteiger partial charge is 1.00 e. The van der Waals surface area contributed by atoms with Gasteiger partial charge < -0.3 is 24.8 Å². The molecule has 0 saturated carbocycles. The van der Waals surface area contributed by atoms with Gasteiger partial charge in [0.1, 0.15) is 0 Å². The third-order valence-corrected chi connectivity index (χ3v) is 25.4. The molecule has 2 aromatic carbocycles. The molecule has 0 bridgehead atoms. The van der Waals surface area contributed by atoms with E-state index in [1.165, 1.54) is 0 Å². The fourth-order valence-electron chi connectivity index (χ4n) is 5.12. The van der Waals surface area contributed by atoms with E-state index >= 15 is 0 Å². The van der Waals surface area contributed by atoms with Gasteiger partial charge in [-0.15, -0.1) is 0 Å². The fraction of sp³-hybridized carbons (Fsp3) is 0.385. The van der Waals surface area contributed by atoms with Gasteiger partial charge in [-0.2, -0.15) is 0 Å². The van der Waals surface area contributed by atoms with E-state index in [1.807, 2.05) is 0 Å². The van der Waals surface area contributed by atoms with Crippen molar-refractivity contribution < 1.29 is 45.2 Å².